The predicted octanol–water partition coefficient (Wildman–Crippen LogP) is 4.12. The summed E-state index contributed by atoms with van der Waals surface area (Å²) in [5.41, 5.74) is 1.30. The molecule has 1 aromatic heterocycles. The Morgan fingerprint density at radius 1 is 1.18 bits per heavy atom. The molecule has 0 aliphatic heterocycles. The Morgan fingerprint density at radius 3 is 2.36 bits per heavy atom. The van der Waals surface area contributed by atoms with Crippen molar-refractivity contribution in [2.75, 3.05) is 41.3 Å². The zero-order valence-corrected chi connectivity index (χ0v) is 20.8. The first-order valence-electron chi connectivity index (χ1n) is 9.16. The van der Waals surface area contributed by atoms with Crippen molar-refractivity contribution >= 4 is 41.3 Å². The van der Waals surface area contributed by atoms with Gasteiger partial charge in [-0.15, -0.1) is 35.3 Å². The van der Waals surface area contributed by atoms with Crippen molar-refractivity contribution < 1.29 is 4.74 Å². The van der Waals surface area contributed by atoms with Crippen LogP contribution in [0.4, 0.5) is 0 Å². The largest absolute Gasteiger partial charge is 0.497 e. The summed E-state index contributed by atoms with van der Waals surface area (Å²) in [7, 11) is 7.68. The number of hydrogen-bond donors (Lipinski definition) is 2. The maximum absolute atomic E-state index is 5.26. The Hall–Kier alpha value is -1.32. The van der Waals surface area contributed by atoms with E-state index >= 15 is 0 Å². The van der Waals surface area contributed by atoms with Gasteiger partial charge in [0, 0.05) is 30.4 Å². The van der Waals surface area contributed by atoms with Gasteiger partial charge in [0.1, 0.15) is 5.75 Å². The number of aliphatic imine (C=N–C) groups is 1. The van der Waals surface area contributed by atoms with Crippen molar-refractivity contribution in [1.82, 2.24) is 15.5 Å². The van der Waals surface area contributed by atoms with Crippen molar-refractivity contribution in [2.45, 2.75) is 25.3 Å². The van der Waals surface area contributed by atoms with E-state index in [4.69, 9.17) is 4.74 Å². The number of methoxy groups -OCH3 is 1. The van der Waals surface area contributed by atoms with Gasteiger partial charge >= 0.3 is 0 Å². The van der Waals surface area contributed by atoms with Gasteiger partial charge in [0.2, 0.25) is 0 Å². The summed E-state index contributed by atoms with van der Waals surface area (Å²) in [6.07, 6.45) is 0. The second-order valence-electron chi connectivity index (χ2n) is 7.42. The summed E-state index contributed by atoms with van der Waals surface area (Å²) in [4.78, 5) is 7.96. The third-order valence-corrected chi connectivity index (χ3v) is 5.93. The van der Waals surface area contributed by atoms with Gasteiger partial charge in [0.25, 0.3) is 0 Å². The SMILES string of the molecule is CN=C(NCC(c1ccc(OC)cc1)N(C)C)NCC(C)(C)c1cccs1.I. The smallest absolute Gasteiger partial charge is 0.191 e. The van der Waals surface area contributed by atoms with Gasteiger partial charge in [0.05, 0.1) is 13.2 Å². The van der Waals surface area contributed by atoms with E-state index < -0.39 is 0 Å². The van der Waals surface area contributed by atoms with Crippen molar-refractivity contribution in [2.24, 2.45) is 4.99 Å². The van der Waals surface area contributed by atoms with E-state index in [-0.39, 0.29) is 35.4 Å². The fourth-order valence-electron chi connectivity index (χ4n) is 2.89. The number of guanidine groups is 1. The highest BCUT2D eigenvalue weighted by Gasteiger charge is 2.22. The molecule has 2 aromatic rings. The molecule has 0 aliphatic rings. The summed E-state index contributed by atoms with van der Waals surface area (Å²) in [5.74, 6) is 1.69. The maximum Gasteiger partial charge on any atom is 0.191 e. The minimum Gasteiger partial charge on any atom is -0.497 e. The Morgan fingerprint density at radius 2 is 1.86 bits per heavy atom. The third-order valence-electron chi connectivity index (χ3n) is 4.70. The topological polar surface area (TPSA) is 48.9 Å². The number of likely N-dealkylation sites (N-methyl/N-ethyl adjacent to an activating group) is 1. The highest BCUT2D eigenvalue weighted by molar-refractivity contribution is 14.0. The molecular formula is C21H33IN4OS. The molecule has 0 bridgehead atoms. The summed E-state index contributed by atoms with van der Waals surface area (Å²) in [6, 6.07) is 12.8. The molecule has 156 valence electrons. The van der Waals surface area contributed by atoms with Crippen LogP contribution in [0.1, 0.15) is 30.3 Å². The molecule has 0 radical (unpaired) electrons. The van der Waals surface area contributed by atoms with Crippen LogP contribution >= 0.6 is 35.3 Å². The molecule has 0 fully saturated rings. The zero-order chi connectivity index (χ0) is 19.9. The Balaban J connectivity index is 0.00000392. The van der Waals surface area contributed by atoms with Crippen molar-refractivity contribution in [3.05, 3.63) is 52.2 Å². The fourth-order valence-corrected chi connectivity index (χ4v) is 3.75. The van der Waals surface area contributed by atoms with Gasteiger partial charge < -0.3 is 20.3 Å². The Kier molecular flexibility index (Phi) is 10.3. The minimum atomic E-state index is 0. The van der Waals surface area contributed by atoms with Crippen molar-refractivity contribution in [3.8, 4) is 5.75 Å². The lowest BCUT2D eigenvalue weighted by atomic mass is 9.91. The van der Waals surface area contributed by atoms with Crippen LogP contribution in [0.25, 0.3) is 0 Å². The van der Waals surface area contributed by atoms with E-state index in [9.17, 15) is 0 Å². The maximum atomic E-state index is 5.26. The standard InChI is InChI=1S/C21H32N4OS.HI/c1-21(2,19-8-7-13-27-19)15-24-20(22-3)23-14-18(25(4)5)16-9-11-17(26-6)12-10-16;/h7-13,18H,14-15H2,1-6H3,(H2,22,23,24);1H. The fraction of sp³-hybridized carbons (Fsp3) is 0.476. The molecule has 2 rings (SSSR count). The van der Waals surface area contributed by atoms with Crippen molar-refractivity contribution in [1.29, 1.82) is 0 Å². The normalized spacial score (nSPS) is 13.0. The van der Waals surface area contributed by atoms with Gasteiger partial charge in [0.15, 0.2) is 5.96 Å². The number of rotatable bonds is 8. The quantitative estimate of drug-likeness (QED) is 0.315. The Labute approximate surface area is 190 Å². The van der Waals surface area contributed by atoms with Crippen LogP contribution < -0.4 is 15.4 Å². The highest BCUT2D eigenvalue weighted by Crippen LogP contribution is 2.26. The van der Waals surface area contributed by atoms with E-state index in [0.717, 1.165) is 24.8 Å². The van der Waals surface area contributed by atoms with Gasteiger partial charge in [-0.25, -0.2) is 0 Å². The molecule has 5 nitrogen and oxygen atoms in total. The second kappa shape index (κ2) is 11.6. The van der Waals surface area contributed by atoms with E-state index in [1.54, 1.807) is 18.4 Å². The molecular weight excluding hydrogens is 483 g/mol. The highest BCUT2D eigenvalue weighted by atomic mass is 127. The molecule has 1 aromatic carbocycles. The second-order valence-corrected chi connectivity index (χ2v) is 8.37. The van der Waals surface area contributed by atoms with E-state index in [2.05, 4.69) is 78.1 Å². The average Bonchev–Trinajstić information content (AvgIpc) is 3.20. The lowest BCUT2D eigenvalue weighted by Gasteiger charge is -2.28. The molecule has 7 heteroatoms. The van der Waals surface area contributed by atoms with Gasteiger partial charge in [-0.3, -0.25) is 4.99 Å². The number of nitrogens with zero attached hydrogens (tertiary/aromatic N) is 2. The number of thiophene rings is 1. The number of benzene rings is 1. The van der Waals surface area contributed by atoms with E-state index in [1.807, 2.05) is 19.2 Å². The van der Waals surface area contributed by atoms with Crippen LogP contribution in [-0.2, 0) is 5.41 Å². The first-order valence-corrected chi connectivity index (χ1v) is 10.0. The van der Waals surface area contributed by atoms with Crippen LogP contribution in [0.15, 0.2) is 46.8 Å². The summed E-state index contributed by atoms with van der Waals surface area (Å²) in [6.45, 7) is 6.08. The molecule has 0 spiro atoms. The molecule has 2 N–H and O–H groups in total. The van der Waals surface area contributed by atoms with Crippen molar-refractivity contribution in [3.63, 3.8) is 0 Å². The molecule has 28 heavy (non-hydrogen) atoms. The van der Waals surface area contributed by atoms with Crippen LogP contribution in [0.2, 0.25) is 0 Å². The first kappa shape index (κ1) is 24.7. The lowest BCUT2D eigenvalue weighted by Crippen LogP contribution is -2.45. The average molecular weight is 516 g/mol. The van der Waals surface area contributed by atoms with Crippen LogP contribution in [0, 0.1) is 0 Å². The number of ether oxygens (including phenoxy) is 1. The number of halogens is 1. The van der Waals surface area contributed by atoms with Crippen LogP contribution in [0.3, 0.4) is 0 Å². The third kappa shape index (κ3) is 6.93. The molecule has 1 heterocycles. The van der Waals surface area contributed by atoms with E-state index in [0.29, 0.717) is 0 Å². The molecule has 0 saturated carbocycles. The molecule has 0 amide bonds. The lowest BCUT2D eigenvalue weighted by molar-refractivity contribution is 0.297. The number of hydrogen-bond acceptors (Lipinski definition) is 4. The summed E-state index contributed by atoms with van der Waals surface area (Å²) in [5, 5.41) is 9.06. The first-order chi connectivity index (χ1) is 12.9. The van der Waals surface area contributed by atoms with Crippen LogP contribution in [0.5, 0.6) is 5.75 Å². The molecule has 0 saturated heterocycles. The monoisotopic (exact) mass is 516 g/mol. The number of nitrogens with one attached hydrogen (secondary N) is 2. The molecule has 0 aliphatic carbocycles. The van der Waals surface area contributed by atoms with E-state index in [1.165, 1.54) is 10.4 Å². The van der Waals surface area contributed by atoms with Gasteiger partial charge in [-0.05, 0) is 43.2 Å². The minimum absolute atomic E-state index is 0. The molecule has 1 atom stereocenters. The summed E-state index contributed by atoms with van der Waals surface area (Å²) < 4.78 is 5.26. The predicted molar refractivity (Wildman–Crippen MR) is 132 cm³/mol. The van der Waals surface area contributed by atoms with Gasteiger partial charge in [-0.2, -0.15) is 0 Å². The Bertz CT molecular complexity index is 715. The summed E-state index contributed by atoms with van der Waals surface area (Å²) >= 11 is 1.79. The van der Waals surface area contributed by atoms with Gasteiger partial charge in [-0.1, -0.05) is 32.0 Å². The van der Waals surface area contributed by atoms with Crippen LogP contribution in [-0.4, -0.2) is 52.2 Å². The zero-order valence-electron chi connectivity index (χ0n) is 17.7. The molecule has 1 unspecified atom stereocenters.